The van der Waals surface area contributed by atoms with Crippen molar-refractivity contribution in [3.8, 4) is 0 Å². The molecule has 0 spiro atoms. The van der Waals surface area contributed by atoms with E-state index in [1.165, 1.54) is 10.8 Å². The number of rotatable bonds is 0. The van der Waals surface area contributed by atoms with Crippen molar-refractivity contribution in [2.45, 2.75) is 0 Å². The summed E-state index contributed by atoms with van der Waals surface area (Å²) < 4.78 is 2.19. The molecule has 2 N–H and O–H groups in total. The van der Waals surface area contributed by atoms with Crippen LogP contribution in [0.4, 0.5) is 0 Å². The van der Waals surface area contributed by atoms with Crippen LogP contribution < -0.4 is 0 Å². The van der Waals surface area contributed by atoms with Gasteiger partial charge in [-0.25, -0.2) is 0 Å². The summed E-state index contributed by atoms with van der Waals surface area (Å²) in [4.78, 5) is 8.40. The van der Waals surface area contributed by atoms with Crippen LogP contribution in [0.1, 0.15) is 0 Å². The second kappa shape index (κ2) is 8.15. The average Bonchev–Trinajstić information content (AvgIpc) is 2.55. The molecular formula is C18H14Br2N2O. The summed E-state index contributed by atoms with van der Waals surface area (Å²) in [6.45, 7) is 0. The number of fused-ring (bicyclic) bond motifs is 2. The Morgan fingerprint density at radius 1 is 0.609 bits per heavy atom. The third kappa shape index (κ3) is 4.58. The Morgan fingerprint density at radius 3 is 1.48 bits per heavy atom. The van der Waals surface area contributed by atoms with Gasteiger partial charge in [0.15, 0.2) is 0 Å². The van der Waals surface area contributed by atoms with E-state index in [-0.39, 0.29) is 5.48 Å². The summed E-state index contributed by atoms with van der Waals surface area (Å²) in [5.74, 6) is 0. The lowest BCUT2D eigenvalue weighted by Gasteiger charge is -1.94. The van der Waals surface area contributed by atoms with Gasteiger partial charge in [-0.1, -0.05) is 44.0 Å². The van der Waals surface area contributed by atoms with Crippen LogP contribution in [-0.4, -0.2) is 15.4 Å². The van der Waals surface area contributed by atoms with E-state index < -0.39 is 0 Å². The van der Waals surface area contributed by atoms with Gasteiger partial charge in [0.2, 0.25) is 0 Å². The molecule has 0 atom stereocenters. The van der Waals surface area contributed by atoms with E-state index in [9.17, 15) is 0 Å². The molecule has 5 heteroatoms. The molecule has 2 aromatic carbocycles. The lowest BCUT2D eigenvalue weighted by Crippen LogP contribution is -1.75. The number of aromatic nitrogens is 2. The van der Waals surface area contributed by atoms with Crippen LogP contribution in [0.15, 0.2) is 82.0 Å². The minimum Gasteiger partial charge on any atom is -0.412 e. The van der Waals surface area contributed by atoms with Crippen molar-refractivity contribution in [2.75, 3.05) is 0 Å². The second-order valence-corrected chi connectivity index (χ2v) is 6.51. The Labute approximate surface area is 151 Å². The first-order valence-corrected chi connectivity index (χ1v) is 8.31. The molecule has 4 aromatic rings. The van der Waals surface area contributed by atoms with Crippen molar-refractivity contribution in [2.24, 2.45) is 0 Å². The standard InChI is InChI=1S/2C9H6BrN.H2O/c2*10-8-3-4-9-7(6-8)2-1-5-11-9;/h2*1-6H;1H2. The van der Waals surface area contributed by atoms with Crippen molar-refractivity contribution < 1.29 is 5.48 Å². The largest absolute Gasteiger partial charge is 0.412 e. The Kier molecular flexibility index (Phi) is 6.21. The minimum atomic E-state index is 0. The third-order valence-corrected chi connectivity index (χ3v) is 4.12. The van der Waals surface area contributed by atoms with E-state index in [0.717, 1.165) is 20.0 Å². The Bertz CT molecular complexity index is 851. The Balaban J connectivity index is 0.000000160. The van der Waals surface area contributed by atoms with E-state index in [2.05, 4.69) is 54.0 Å². The van der Waals surface area contributed by atoms with E-state index in [0.29, 0.717) is 0 Å². The highest BCUT2D eigenvalue weighted by Gasteiger charge is 1.92. The molecule has 0 bridgehead atoms. The van der Waals surface area contributed by atoms with Crippen LogP contribution in [0.25, 0.3) is 21.8 Å². The quantitative estimate of drug-likeness (QED) is 0.384. The number of benzene rings is 2. The van der Waals surface area contributed by atoms with E-state index >= 15 is 0 Å². The van der Waals surface area contributed by atoms with Crippen LogP contribution in [0.3, 0.4) is 0 Å². The molecule has 0 saturated carbocycles. The maximum atomic E-state index is 4.20. The molecule has 3 nitrogen and oxygen atoms in total. The van der Waals surface area contributed by atoms with Gasteiger partial charge in [0.25, 0.3) is 0 Å². The Morgan fingerprint density at radius 2 is 1.04 bits per heavy atom. The predicted octanol–water partition coefficient (Wildman–Crippen LogP) is 5.17. The normalized spacial score (nSPS) is 9.83. The van der Waals surface area contributed by atoms with Gasteiger partial charge in [-0.05, 0) is 48.5 Å². The third-order valence-electron chi connectivity index (χ3n) is 3.13. The number of pyridine rings is 2. The van der Waals surface area contributed by atoms with Crippen molar-refractivity contribution in [3.05, 3.63) is 82.0 Å². The average molecular weight is 434 g/mol. The molecule has 0 saturated heterocycles. The summed E-state index contributed by atoms with van der Waals surface area (Å²) in [5, 5.41) is 2.34. The highest BCUT2D eigenvalue weighted by atomic mass is 79.9. The first-order valence-electron chi connectivity index (χ1n) is 6.73. The van der Waals surface area contributed by atoms with Gasteiger partial charge in [-0.15, -0.1) is 0 Å². The maximum absolute atomic E-state index is 4.20. The fourth-order valence-electron chi connectivity index (χ4n) is 2.09. The molecule has 0 unspecified atom stereocenters. The number of hydrogen-bond acceptors (Lipinski definition) is 2. The maximum Gasteiger partial charge on any atom is 0.0702 e. The molecule has 0 fully saturated rings. The highest BCUT2D eigenvalue weighted by molar-refractivity contribution is 9.10. The van der Waals surface area contributed by atoms with Crippen molar-refractivity contribution >= 4 is 53.7 Å². The van der Waals surface area contributed by atoms with Gasteiger partial charge < -0.3 is 5.48 Å². The van der Waals surface area contributed by atoms with Crippen molar-refractivity contribution in [3.63, 3.8) is 0 Å². The first-order chi connectivity index (χ1) is 10.7. The van der Waals surface area contributed by atoms with Crippen LogP contribution in [-0.2, 0) is 0 Å². The zero-order valence-corrected chi connectivity index (χ0v) is 15.3. The van der Waals surface area contributed by atoms with Crippen LogP contribution in [0, 0.1) is 0 Å². The SMILES string of the molecule is Brc1ccc2ncccc2c1.Brc1ccc2ncccc2c1.O. The van der Waals surface area contributed by atoms with E-state index in [1.54, 1.807) is 12.4 Å². The van der Waals surface area contributed by atoms with Crippen LogP contribution in [0.5, 0.6) is 0 Å². The molecule has 2 aromatic heterocycles. The second-order valence-electron chi connectivity index (χ2n) is 4.68. The number of halogens is 2. The molecule has 2 heterocycles. The van der Waals surface area contributed by atoms with Gasteiger partial charge in [0, 0.05) is 32.1 Å². The molecule has 0 amide bonds. The summed E-state index contributed by atoms with van der Waals surface area (Å²) in [7, 11) is 0. The van der Waals surface area contributed by atoms with Crippen LogP contribution in [0.2, 0.25) is 0 Å². The van der Waals surface area contributed by atoms with Gasteiger partial charge in [-0.2, -0.15) is 0 Å². The molecule has 0 aliphatic carbocycles. The fourth-order valence-corrected chi connectivity index (χ4v) is 2.85. The number of hydrogen-bond donors (Lipinski definition) is 0. The summed E-state index contributed by atoms with van der Waals surface area (Å²) in [6, 6.07) is 20.1. The topological polar surface area (TPSA) is 57.3 Å². The monoisotopic (exact) mass is 432 g/mol. The molecule has 116 valence electrons. The summed E-state index contributed by atoms with van der Waals surface area (Å²) in [5.41, 5.74) is 2.08. The highest BCUT2D eigenvalue weighted by Crippen LogP contribution is 2.17. The lowest BCUT2D eigenvalue weighted by molar-refractivity contribution is 0.824. The predicted molar refractivity (Wildman–Crippen MR) is 102 cm³/mol. The molecule has 0 radical (unpaired) electrons. The summed E-state index contributed by atoms with van der Waals surface area (Å²) in [6.07, 6.45) is 3.60. The van der Waals surface area contributed by atoms with Crippen molar-refractivity contribution in [1.82, 2.24) is 9.97 Å². The molecule has 23 heavy (non-hydrogen) atoms. The first kappa shape index (κ1) is 17.5. The zero-order chi connectivity index (χ0) is 15.4. The number of nitrogens with zero attached hydrogens (tertiary/aromatic N) is 2. The molecular weight excluding hydrogens is 420 g/mol. The molecule has 0 aliphatic rings. The summed E-state index contributed by atoms with van der Waals surface area (Å²) >= 11 is 6.81. The zero-order valence-electron chi connectivity index (χ0n) is 12.1. The minimum absolute atomic E-state index is 0. The smallest absolute Gasteiger partial charge is 0.0702 e. The van der Waals surface area contributed by atoms with E-state index in [1.807, 2.05) is 48.5 Å². The molecule has 4 rings (SSSR count). The van der Waals surface area contributed by atoms with Gasteiger partial charge in [0.1, 0.15) is 0 Å². The van der Waals surface area contributed by atoms with Gasteiger partial charge in [0.05, 0.1) is 11.0 Å². The molecule has 0 aliphatic heterocycles. The van der Waals surface area contributed by atoms with E-state index in [4.69, 9.17) is 0 Å². The van der Waals surface area contributed by atoms with Crippen LogP contribution >= 0.6 is 31.9 Å². The van der Waals surface area contributed by atoms with Gasteiger partial charge >= 0.3 is 0 Å². The fraction of sp³-hybridized carbons (Fsp3) is 0. The van der Waals surface area contributed by atoms with Crippen molar-refractivity contribution in [1.29, 1.82) is 0 Å². The lowest BCUT2D eigenvalue weighted by atomic mass is 10.2. The Hall–Kier alpha value is -1.82. The van der Waals surface area contributed by atoms with Gasteiger partial charge in [-0.3, -0.25) is 9.97 Å².